The number of benzene rings is 1. The summed E-state index contributed by atoms with van der Waals surface area (Å²) >= 11 is 5.98. The molecule has 25 heavy (non-hydrogen) atoms. The van der Waals surface area contributed by atoms with Crippen LogP contribution in [0.15, 0.2) is 29.8 Å². The molecule has 1 N–H and O–H groups in total. The molecule has 0 saturated carbocycles. The van der Waals surface area contributed by atoms with Crippen molar-refractivity contribution in [1.29, 1.82) is 0 Å². The monoisotopic (exact) mass is 386 g/mol. The van der Waals surface area contributed by atoms with Gasteiger partial charge in [0.05, 0.1) is 19.1 Å². The lowest BCUT2D eigenvalue weighted by atomic mass is 10.00. The quantitative estimate of drug-likeness (QED) is 0.731. The molecule has 0 saturated heterocycles. The van der Waals surface area contributed by atoms with Gasteiger partial charge in [-0.05, 0) is 43.9 Å². The number of sulfonamides is 1. The lowest BCUT2D eigenvalue weighted by Crippen LogP contribution is -2.41. The first-order valence-electron chi connectivity index (χ1n) is 8.07. The molecule has 0 aliphatic heterocycles. The largest absolute Gasteiger partial charge is 0.495 e. The predicted molar refractivity (Wildman–Crippen MR) is 99.8 cm³/mol. The molecule has 1 amide bonds. The van der Waals surface area contributed by atoms with Gasteiger partial charge in [-0.3, -0.25) is 9.10 Å². The second-order valence-electron chi connectivity index (χ2n) is 5.97. The number of hydrogen-bond donors (Lipinski definition) is 1. The van der Waals surface area contributed by atoms with Crippen LogP contribution in [-0.4, -0.2) is 40.8 Å². The van der Waals surface area contributed by atoms with Crippen LogP contribution in [0.4, 0.5) is 5.69 Å². The highest BCUT2D eigenvalue weighted by Crippen LogP contribution is 2.32. The molecule has 0 radical (unpaired) electrons. The second kappa shape index (κ2) is 8.58. The Kier molecular flexibility index (Phi) is 6.72. The van der Waals surface area contributed by atoms with Gasteiger partial charge in [0.1, 0.15) is 12.3 Å². The van der Waals surface area contributed by atoms with Crippen molar-refractivity contribution < 1.29 is 17.9 Å². The first kappa shape index (κ1) is 19.6. The fourth-order valence-electron chi connectivity index (χ4n) is 2.70. The van der Waals surface area contributed by atoms with Crippen molar-refractivity contribution in [3.8, 4) is 5.75 Å². The topological polar surface area (TPSA) is 75.7 Å². The summed E-state index contributed by atoms with van der Waals surface area (Å²) in [5.41, 5.74) is 1.43. The number of amides is 1. The molecule has 0 bridgehead atoms. The molecule has 0 atom stereocenters. The van der Waals surface area contributed by atoms with Crippen LogP contribution in [0.25, 0.3) is 0 Å². The average molecular weight is 387 g/mol. The third-order valence-electron chi connectivity index (χ3n) is 3.99. The van der Waals surface area contributed by atoms with E-state index in [1.165, 1.54) is 25.2 Å². The average Bonchev–Trinajstić information content (AvgIpc) is 2.57. The Bertz CT molecular complexity index is 762. The normalized spacial score (nSPS) is 14.6. The third-order valence-corrected chi connectivity index (χ3v) is 5.36. The molecule has 1 aliphatic carbocycles. The summed E-state index contributed by atoms with van der Waals surface area (Å²) in [6, 6.07) is 4.64. The van der Waals surface area contributed by atoms with Gasteiger partial charge >= 0.3 is 0 Å². The highest BCUT2D eigenvalue weighted by Gasteiger charge is 2.24. The predicted octanol–water partition coefficient (Wildman–Crippen LogP) is 2.73. The molecular weight excluding hydrogens is 364 g/mol. The maximum absolute atomic E-state index is 12.3. The highest BCUT2D eigenvalue weighted by atomic mass is 35.5. The van der Waals surface area contributed by atoms with Crippen LogP contribution in [-0.2, 0) is 14.8 Å². The van der Waals surface area contributed by atoms with Crippen LogP contribution >= 0.6 is 11.6 Å². The molecule has 6 nitrogen and oxygen atoms in total. The summed E-state index contributed by atoms with van der Waals surface area (Å²) in [5.74, 6) is -0.0449. The van der Waals surface area contributed by atoms with E-state index in [9.17, 15) is 13.2 Å². The summed E-state index contributed by atoms with van der Waals surface area (Å²) < 4.78 is 30.6. The van der Waals surface area contributed by atoms with Crippen LogP contribution in [0.1, 0.15) is 25.7 Å². The Morgan fingerprint density at radius 1 is 1.36 bits per heavy atom. The lowest BCUT2D eigenvalue weighted by molar-refractivity contribution is -0.119. The van der Waals surface area contributed by atoms with E-state index in [-0.39, 0.29) is 18.1 Å². The molecule has 2 rings (SSSR count). The third kappa shape index (κ3) is 5.64. The van der Waals surface area contributed by atoms with E-state index in [1.54, 1.807) is 12.1 Å². The fourth-order valence-corrected chi connectivity index (χ4v) is 3.72. The van der Waals surface area contributed by atoms with Crippen molar-refractivity contribution in [2.45, 2.75) is 25.7 Å². The number of anilines is 1. The molecule has 0 aromatic heterocycles. The Morgan fingerprint density at radius 3 is 2.72 bits per heavy atom. The first-order chi connectivity index (χ1) is 11.8. The number of hydrogen-bond acceptors (Lipinski definition) is 4. The van der Waals surface area contributed by atoms with Crippen molar-refractivity contribution >= 4 is 33.2 Å². The molecule has 8 heteroatoms. The maximum atomic E-state index is 12.3. The van der Waals surface area contributed by atoms with E-state index in [1.807, 2.05) is 0 Å². The summed E-state index contributed by atoms with van der Waals surface area (Å²) in [6.45, 7) is 0.117. The van der Waals surface area contributed by atoms with Gasteiger partial charge in [-0.2, -0.15) is 0 Å². The first-order valence-corrected chi connectivity index (χ1v) is 10.3. The van der Waals surface area contributed by atoms with Crippen LogP contribution in [0.2, 0.25) is 5.02 Å². The zero-order chi connectivity index (χ0) is 18.4. The van der Waals surface area contributed by atoms with Crippen LogP contribution in [0, 0.1) is 0 Å². The van der Waals surface area contributed by atoms with Gasteiger partial charge in [-0.1, -0.05) is 23.3 Å². The molecule has 0 heterocycles. The van der Waals surface area contributed by atoms with Crippen LogP contribution < -0.4 is 14.4 Å². The second-order valence-corrected chi connectivity index (χ2v) is 8.31. The molecule has 0 spiro atoms. The van der Waals surface area contributed by atoms with Gasteiger partial charge in [0, 0.05) is 11.6 Å². The Labute approximate surface area is 153 Å². The number of carbonyl (C=O) groups excluding carboxylic acids is 1. The molecule has 1 aromatic carbocycles. The van der Waals surface area contributed by atoms with Gasteiger partial charge in [-0.15, -0.1) is 0 Å². The Balaban J connectivity index is 2.14. The van der Waals surface area contributed by atoms with E-state index in [0.717, 1.165) is 29.8 Å². The lowest BCUT2D eigenvalue weighted by Gasteiger charge is -2.24. The van der Waals surface area contributed by atoms with Crippen molar-refractivity contribution in [3.63, 3.8) is 0 Å². The van der Waals surface area contributed by atoms with Crippen molar-refractivity contribution in [1.82, 2.24) is 5.32 Å². The Hall–Kier alpha value is -1.73. The smallest absolute Gasteiger partial charge is 0.241 e. The standard InChI is InChI=1S/C17H23ClN2O4S/c1-24-16-9-8-14(18)10-15(16)20(25(2,22)23)12-17(21)19-11-13-6-4-3-5-7-13/h6,8-10H,3-5,7,11-12H2,1-2H3,(H,19,21). The zero-order valence-corrected chi connectivity index (χ0v) is 16.0. The van der Waals surface area contributed by atoms with Gasteiger partial charge in [-0.25, -0.2) is 8.42 Å². The number of allylic oxidation sites excluding steroid dienone is 1. The number of nitrogens with one attached hydrogen (secondary N) is 1. The number of halogens is 1. The minimum atomic E-state index is -3.69. The fraction of sp³-hybridized carbons (Fsp3) is 0.471. The summed E-state index contributed by atoms with van der Waals surface area (Å²) in [5, 5.41) is 3.15. The minimum Gasteiger partial charge on any atom is -0.495 e. The molecule has 1 aliphatic rings. The van der Waals surface area contributed by atoms with Crippen molar-refractivity contribution in [2.24, 2.45) is 0 Å². The van der Waals surface area contributed by atoms with Crippen molar-refractivity contribution in [3.05, 3.63) is 34.9 Å². The molecular formula is C17H23ClN2O4S. The number of nitrogens with zero attached hydrogens (tertiary/aromatic N) is 1. The zero-order valence-electron chi connectivity index (χ0n) is 14.4. The number of methoxy groups -OCH3 is 1. The summed E-state index contributed by atoms with van der Waals surface area (Å²) in [7, 11) is -2.25. The van der Waals surface area contributed by atoms with E-state index in [0.29, 0.717) is 17.3 Å². The van der Waals surface area contributed by atoms with Gasteiger partial charge in [0.15, 0.2) is 0 Å². The van der Waals surface area contributed by atoms with E-state index in [2.05, 4.69) is 11.4 Å². The van der Waals surface area contributed by atoms with Gasteiger partial charge in [0.2, 0.25) is 15.9 Å². The SMILES string of the molecule is COc1ccc(Cl)cc1N(CC(=O)NCC1=CCCCC1)S(C)(=O)=O. The van der Waals surface area contributed by atoms with E-state index in [4.69, 9.17) is 16.3 Å². The summed E-state index contributed by atoms with van der Waals surface area (Å²) in [6.07, 6.45) is 7.48. The maximum Gasteiger partial charge on any atom is 0.241 e. The molecule has 1 aromatic rings. The van der Waals surface area contributed by atoms with E-state index >= 15 is 0 Å². The molecule has 138 valence electrons. The van der Waals surface area contributed by atoms with Gasteiger partial charge in [0.25, 0.3) is 0 Å². The molecule has 0 unspecified atom stereocenters. The van der Waals surface area contributed by atoms with Crippen molar-refractivity contribution in [2.75, 3.05) is 30.8 Å². The van der Waals surface area contributed by atoms with E-state index < -0.39 is 10.0 Å². The molecule has 0 fully saturated rings. The summed E-state index contributed by atoms with van der Waals surface area (Å²) in [4.78, 5) is 12.3. The number of rotatable bonds is 7. The number of ether oxygens (including phenoxy) is 1. The van der Waals surface area contributed by atoms with Gasteiger partial charge < -0.3 is 10.1 Å². The highest BCUT2D eigenvalue weighted by molar-refractivity contribution is 7.92. The Morgan fingerprint density at radius 2 is 2.12 bits per heavy atom. The number of carbonyl (C=O) groups is 1. The van der Waals surface area contributed by atoms with Crippen LogP contribution in [0.5, 0.6) is 5.75 Å². The van der Waals surface area contributed by atoms with Crippen LogP contribution in [0.3, 0.4) is 0 Å². The minimum absolute atomic E-state index is 0.240.